The number of ether oxygens (including phenoxy) is 1. The Hall–Kier alpha value is -1.06. The first kappa shape index (κ1) is 20.0. The number of para-hydroxylation sites is 1. The Kier molecular flexibility index (Phi) is 11.6. The number of benzene rings is 1. The van der Waals surface area contributed by atoms with Gasteiger partial charge in [-0.1, -0.05) is 64.7 Å². The van der Waals surface area contributed by atoms with Crippen LogP contribution in [0.15, 0.2) is 24.3 Å². The second-order valence-corrected chi connectivity index (χ2v) is 6.07. The molecule has 23 heavy (non-hydrogen) atoms. The van der Waals surface area contributed by atoms with E-state index in [1.54, 1.807) is 0 Å². The maximum atomic E-state index is 5.99. The summed E-state index contributed by atoms with van der Waals surface area (Å²) in [6, 6.07) is 8.41. The van der Waals surface area contributed by atoms with Gasteiger partial charge in [-0.25, -0.2) is 0 Å². The predicted octanol–water partition coefficient (Wildman–Crippen LogP) is 4.47. The maximum Gasteiger partial charge on any atom is 0.123 e. The predicted molar refractivity (Wildman–Crippen MR) is 100 cm³/mol. The molecule has 0 amide bonds. The highest BCUT2D eigenvalue weighted by Crippen LogP contribution is 2.18. The van der Waals surface area contributed by atoms with E-state index in [2.05, 4.69) is 55.3 Å². The summed E-state index contributed by atoms with van der Waals surface area (Å²) in [4.78, 5) is 2.44. The molecule has 0 aliphatic rings. The van der Waals surface area contributed by atoms with E-state index in [4.69, 9.17) is 4.74 Å². The van der Waals surface area contributed by atoms with Crippen LogP contribution in [0.3, 0.4) is 0 Å². The summed E-state index contributed by atoms with van der Waals surface area (Å²) in [6.07, 6.45) is 6.40. The third kappa shape index (κ3) is 8.97. The first-order valence-corrected chi connectivity index (χ1v) is 9.45. The highest BCUT2D eigenvalue weighted by Gasteiger charge is 2.03. The second kappa shape index (κ2) is 13.4. The number of hydrogen-bond acceptors (Lipinski definition) is 3. The lowest BCUT2D eigenvalue weighted by molar-refractivity contribution is 0.295. The van der Waals surface area contributed by atoms with Crippen molar-refractivity contribution in [3.8, 4) is 5.75 Å². The minimum absolute atomic E-state index is 0.834. The average molecular weight is 321 g/mol. The van der Waals surface area contributed by atoms with Crippen molar-refractivity contribution in [2.75, 3.05) is 32.8 Å². The monoisotopic (exact) mass is 320 g/mol. The van der Waals surface area contributed by atoms with Gasteiger partial charge in [0.25, 0.3) is 0 Å². The van der Waals surface area contributed by atoms with Crippen molar-refractivity contribution in [2.45, 2.75) is 59.4 Å². The molecule has 3 heteroatoms. The van der Waals surface area contributed by atoms with Crippen LogP contribution in [-0.2, 0) is 6.54 Å². The zero-order valence-corrected chi connectivity index (χ0v) is 15.4. The molecule has 132 valence electrons. The van der Waals surface area contributed by atoms with Crippen LogP contribution in [0.25, 0.3) is 0 Å². The number of nitrogens with one attached hydrogen (secondary N) is 1. The van der Waals surface area contributed by atoms with Gasteiger partial charge in [0.15, 0.2) is 0 Å². The lowest BCUT2D eigenvalue weighted by Gasteiger charge is -2.18. The van der Waals surface area contributed by atoms with Crippen LogP contribution in [0, 0.1) is 0 Å². The molecule has 0 saturated carbocycles. The van der Waals surface area contributed by atoms with E-state index >= 15 is 0 Å². The number of nitrogens with zero attached hydrogens (tertiary/aromatic N) is 1. The maximum absolute atomic E-state index is 5.99. The first-order chi connectivity index (χ1) is 11.3. The summed E-state index contributed by atoms with van der Waals surface area (Å²) in [5.74, 6) is 1.04. The highest BCUT2D eigenvalue weighted by molar-refractivity contribution is 5.33. The van der Waals surface area contributed by atoms with Gasteiger partial charge in [-0.2, -0.15) is 0 Å². The lowest BCUT2D eigenvalue weighted by atomic mass is 10.1. The average Bonchev–Trinajstić information content (AvgIpc) is 2.59. The number of hydrogen-bond donors (Lipinski definition) is 1. The summed E-state index contributed by atoms with van der Waals surface area (Å²) in [6.45, 7) is 12.8. The van der Waals surface area contributed by atoms with Crippen LogP contribution in [0.1, 0.15) is 58.4 Å². The molecule has 1 aromatic carbocycles. The van der Waals surface area contributed by atoms with Crippen LogP contribution in [-0.4, -0.2) is 37.7 Å². The third-order valence-electron chi connectivity index (χ3n) is 4.29. The Morgan fingerprint density at radius 2 is 1.70 bits per heavy atom. The van der Waals surface area contributed by atoms with Crippen molar-refractivity contribution >= 4 is 0 Å². The Bertz CT molecular complexity index is 391. The summed E-state index contributed by atoms with van der Waals surface area (Å²) in [5.41, 5.74) is 1.26. The first-order valence-electron chi connectivity index (χ1n) is 9.45. The molecular formula is C20H36N2O. The van der Waals surface area contributed by atoms with Gasteiger partial charge in [0.2, 0.25) is 0 Å². The van der Waals surface area contributed by atoms with E-state index in [1.165, 1.54) is 31.2 Å². The van der Waals surface area contributed by atoms with Crippen LogP contribution in [0.2, 0.25) is 0 Å². The van der Waals surface area contributed by atoms with Gasteiger partial charge in [-0.15, -0.1) is 0 Å². The smallest absolute Gasteiger partial charge is 0.123 e. The van der Waals surface area contributed by atoms with Gasteiger partial charge >= 0.3 is 0 Å². The third-order valence-corrected chi connectivity index (χ3v) is 4.29. The molecule has 0 aliphatic heterocycles. The van der Waals surface area contributed by atoms with Crippen LogP contribution in [0.4, 0.5) is 0 Å². The Morgan fingerprint density at radius 3 is 2.43 bits per heavy atom. The van der Waals surface area contributed by atoms with Crippen molar-refractivity contribution in [1.82, 2.24) is 10.2 Å². The number of likely N-dealkylation sites (N-methyl/N-ethyl adjacent to an activating group) is 1. The van der Waals surface area contributed by atoms with E-state index in [0.29, 0.717) is 0 Å². The second-order valence-electron chi connectivity index (χ2n) is 6.07. The molecule has 0 heterocycles. The summed E-state index contributed by atoms with van der Waals surface area (Å²) in [7, 11) is 0. The van der Waals surface area contributed by atoms with Gasteiger partial charge in [0.05, 0.1) is 6.61 Å². The molecule has 1 rings (SSSR count). The van der Waals surface area contributed by atoms with E-state index < -0.39 is 0 Å². The quantitative estimate of drug-likeness (QED) is 0.512. The van der Waals surface area contributed by atoms with E-state index in [9.17, 15) is 0 Å². The van der Waals surface area contributed by atoms with Crippen molar-refractivity contribution in [1.29, 1.82) is 0 Å². The van der Waals surface area contributed by atoms with Crippen molar-refractivity contribution < 1.29 is 4.74 Å². The van der Waals surface area contributed by atoms with Gasteiger partial charge in [-0.05, 0) is 25.6 Å². The van der Waals surface area contributed by atoms with Crippen LogP contribution in [0.5, 0.6) is 5.75 Å². The van der Waals surface area contributed by atoms with Gasteiger partial charge in [-0.3, -0.25) is 0 Å². The molecule has 0 saturated heterocycles. The van der Waals surface area contributed by atoms with Gasteiger partial charge < -0.3 is 15.0 Å². The lowest BCUT2D eigenvalue weighted by Crippen LogP contribution is -2.31. The molecule has 0 atom stereocenters. The van der Waals surface area contributed by atoms with E-state index in [1.807, 2.05) is 0 Å². The van der Waals surface area contributed by atoms with Crippen LogP contribution < -0.4 is 10.1 Å². The molecule has 0 radical (unpaired) electrons. The standard InChI is InChI=1S/C20H36N2O/c1-4-7-8-9-12-17-23-20-14-11-10-13-19(20)18-21-15-16-22(5-2)6-3/h10-11,13-14,21H,4-9,12,15-18H2,1-3H3. The van der Waals surface area contributed by atoms with Crippen molar-refractivity contribution in [3.05, 3.63) is 29.8 Å². The number of unbranched alkanes of at least 4 members (excludes halogenated alkanes) is 4. The molecule has 1 N–H and O–H groups in total. The van der Waals surface area contributed by atoms with E-state index in [0.717, 1.165) is 51.5 Å². The number of rotatable bonds is 14. The van der Waals surface area contributed by atoms with Gasteiger partial charge in [0.1, 0.15) is 5.75 Å². The van der Waals surface area contributed by atoms with Crippen molar-refractivity contribution in [2.24, 2.45) is 0 Å². The molecule has 0 fully saturated rings. The Morgan fingerprint density at radius 1 is 0.957 bits per heavy atom. The summed E-state index contributed by atoms with van der Waals surface area (Å²) >= 11 is 0. The van der Waals surface area contributed by atoms with Crippen LogP contribution >= 0.6 is 0 Å². The molecule has 3 nitrogen and oxygen atoms in total. The molecule has 0 unspecified atom stereocenters. The Labute approximate surface area is 143 Å². The largest absolute Gasteiger partial charge is 0.493 e. The fraction of sp³-hybridized carbons (Fsp3) is 0.700. The topological polar surface area (TPSA) is 24.5 Å². The SMILES string of the molecule is CCCCCCCOc1ccccc1CNCCN(CC)CC. The molecule has 0 aromatic heterocycles. The molecular weight excluding hydrogens is 284 g/mol. The fourth-order valence-electron chi connectivity index (χ4n) is 2.68. The minimum atomic E-state index is 0.834. The van der Waals surface area contributed by atoms with E-state index in [-0.39, 0.29) is 0 Å². The molecule has 0 aliphatic carbocycles. The Balaban J connectivity index is 2.27. The molecule has 0 bridgehead atoms. The zero-order chi connectivity index (χ0) is 16.8. The fourth-order valence-corrected chi connectivity index (χ4v) is 2.68. The molecule has 1 aromatic rings. The zero-order valence-electron chi connectivity index (χ0n) is 15.4. The highest BCUT2D eigenvalue weighted by atomic mass is 16.5. The summed E-state index contributed by atoms with van der Waals surface area (Å²) < 4.78 is 5.99. The summed E-state index contributed by atoms with van der Waals surface area (Å²) in [5, 5.41) is 3.54. The van der Waals surface area contributed by atoms with Crippen molar-refractivity contribution in [3.63, 3.8) is 0 Å². The molecule has 0 spiro atoms. The van der Waals surface area contributed by atoms with Gasteiger partial charge in [0, 0.05) is 25.2 Å². The minimum Gasteiger partial charge on any atom is -0.493 e. The normalized spacial score (nSPS) is 11.1.